The molecule has 16 heavy (non-hydrogen) atoms. The minimum Gasteiger partial charge on any atom is -0.448 e. The average Bonchev–Trinajstić information content (AvgIpc) is 2.96. The number of hydrogen-bond donors (Lipinski definition) is 1. The smallest absolute Gasteiger partial charge is 0.206 e. The zero-order valence-electron chi connectivity index (χ0n) is 8.67. The van der Waals surface area contributed by atoms with Crippen LogP contribution in [0.2, 0.25) is 0 Å². The van der Waals surface area contributed by atoms with Crippen molar-refractivity contribution < 1.29 is 4.42 Å². The van der Waals surface area contributed by atoms with Gasteiger partial charge in [0.1, 0.15) is 12.0 Å². The van der Waals surface area contributed by atoms with Crippen LogP contribution in [0.5, 0.6) is 0 Å². The summed E-state index contributed by atoms with van der Waals surface area (Å²) in [6.07, 6.45) is 5.37. The Morgan fingerprint density at radius 3 is 3.25 bits per heavy atom. The van der Waals surface area contributed by atoms with Gasteiger partial charge in [0.2, 0.25) is 5.88 Å². The fourth-order valence-electron chi connectivity index (χ4n) is 1.60. The third kappa shape index (κ3) is 1.42. The molecular formula is C10H10N4OS. The van der Waals surface area contributed by atoms with Crippen LogP contribution in [0.1, 0.15) is 5.69 Å². The van der Waals surface area contributed by atoms with Crippen LogP contribution in [0, 0.1) is 0 Å². The topological polar surface area (TPSA) is 55.4 Å². The van der Waals surface area contributed by atoms with Gasteiger partial charge in [-0.3, -0.25) is 4.57 Å². The van der Waals surface area contributed by atoms with Gasteiger partial charge in [0.25, 0.3) is 0 Å². The Hall–Kier alpha value is -1.69. The van der Waals surface area contributed by atoms with E-state index in [4.69, 9.17) is 4.42 Å². The number of aromatic nitrogens is 2. The highest BCUT2D eigenvalue weighted by molar-refractivity contribution is 8.13. The summed E-state index contributed by atoms with van der Waals surface area (Å²) >= 11 is 1.59. The first kappa shape index (κ1) is 9.53. The molecule has 0 spiro atoms. The summed E-state index contributed by atoms with van der Waals surface area (Å²) < 4.78 is 7.19. The van der Waals surface area contributed by atoms with E-state index in [2.05, 4.69) is 15.3 Å². The van der Waals surface area contributed by atoms with Gasteiger partial charge in [-0.15, -0.1) is 0 Å². The summed E-state index contributed by atoms with van der Waals surface area (Å²) in [4.78, 5) is 8.79. The van der Waals surface area contributed by atoms with E-state index < -0.39 is 0 Å². The van der Waals surface area contributed by atoms with Crippen LogP contribution < -0.4 is 5.32 Å². The van der Waals surface area contributed by atoms with Crippen molar-refractivity contribution in [3.05, 3.63) is 30.4 Å². The van der Waals surface area contributed by atoms with E-state index in [1.54, 1.807) is 24.4 Å². The summed E-state index contributed by atoms with van der Waals surface area (Å²) in [5.41, 5.74) is 0.939. The molecule has 0 radical (unpaired) electrons. The Morgan fingerprint density at radius 2 is 2.50 bits per heavy atom. The van der Waals surface area contributed by atoms with Crippen LogP contribution in [0.15, 0.2) is 34.1 Å². The standard InChI is InChI=1S/C10H10N4OS/c1-16-10-11-5-7-9(13-10)14(6-12-7)8-3-2-4-15-8/h2-4,6H,5H2,1H3,(H,11,13). The van der Waals surface area contributed by atoms with Crippen molar-refractivity contribution in [2.75, 3.05) is 6.26 Å². The third-order valence-corrected chi connectivity index (χ3v) is 2.99. The third-order valence-electron chi connectivity index (χ3n) is 2.37. The molecule has 0 unspecified atom stereocenters. The van der Waals surface area contributed by atoms with Crippen LogP contribution in [0.25, 0.3) is 5.88 Å². The van der Waals surface area contributed by atoms with Gasteiger partial charge in [-0.25, -0.2) is 9.98 Å². The molecule has 3 heterocycles. The van der Waals surface area contributed by atoms with Gasteiger partial charge in [-0.1, -0.05) is 11.8 Å². The Bertz CT molecular complexity index is 529. The number of thioether (sulfide) groups is 1. The second-order valence-electron chi connectivity index (χ2n) is 3.31. The van der Waals surface area contributed by atoms with Gasteiger partial charge in [0.15, 0.2) is 11.0 Å². The number of nitrogens with zero attached hydrogens (tertiary/aromatic N) is 3. The molecule has 0 fully saturated rings. The van der Waals surface area contributed by atoms with Crippen molar-refractivity contribution in [3.63, 3.8) is 0 Å². The second-order valence-corrected chi connectivity index (χ2v) is 4.11. The van der Waals surface area contributed by atoms with E-state index in [1.807, 2.05) is 23.0 Å². The highest BCUT2D eigenvalue weighted by atomic mass is 32.2. The average molecular weight is 234 g/mol. The van der Waals surface area contributed by atoms with Crippen molar-refractivity contribution in [1.29, 1.82) is 0 Å². The van der Waals surface area contributed by atoms with Crippen LogP contribution >= 0.6 is 11.8 Å². The monoisotopic (exact) mass is 234 g/mol. The second kappa shape index (κ2) is 3.71. The lowest BCUT2D eigenvalue weighted by Gasteiger charge is -2.13. The van der Waals surface area contributed by atoms with Gasteiger partial charge in [-0.05, 0) is 12.3 Å². The maximum atomic E-state index is 5.34. The minimum absolute atomic E-state index is 0.711. The minimum atomic E-state index is 0.711. The van der Waals surface area contributed by atoms with Crippen molar-refractivity contribution in [1.82, 2.24) is 14.9 Å². The van der Waals surface area contributed by atoms with Gasteiger partial charge in [-0.2, -0.15) is 0 Å². The Morgan fingerprint density at radius 1 is 1.56 bits per heavy atom. The lowest BCUT2D eigenvalue weighted by molar-refractivity contribution is 0.539. The SMILES string of the molecule is CSC1=Nc2c(ncn2-c2ccco2)CN1. The van der Waals surface area contributed by atoms with Crippen molar-refractivity contribution in [2.24, 2.45) is 4.99 Å². The molecule has 2 aromatic heterocycles. The van der Waals surface area contributed by atoms with E-state index in [0.717, 1.165) is 22.6 Å². The van der Waals surface area contributed by atoms with Gasteiger partial charge in [0.05, 0.1) is 12.8 Å². The highest BCUT2D eigenvalue weighted by Crippen LogP contribution is 2.26. The number of hydrogen-bond acceptors (Lipinski definition) is 5. The summed E-state index contributed by atoms with van der Waals surface area (Å²) in [5.74, 6) is 1.58. The molecular weight excluding hydrogens is 224 g/mol. The predicted molar refractivity (Wildman–Crippen MR) is 63.3 cm³/mol. The molecule has 1 aliphatic heterocycles. The molecule has 2 aromatic rings. The molecule has 1 N–H and O–H groups in total. The predicted octanol–water partition coefficient (Wildman–Crippen LogP) is 1.92. The number of nitrogens with one attached hydrogen (secondary N) is 1. The van der Waals surface area contributed by atoms with E-state index in [0.29, 0.717) is 6.54 Å². The quantitative estimate of drug-likeness (QED) is 0.819. The number of rotatable bonds is 1. The molecule has 1 aliphatic rings. The van der Waals surface area contributed by atoms with Gasteiger partial charge in [0, 0.05) is 6.07 Å². The Kier molecular flexibility index (Phi) is 2.21. The van der Waals surface area contributed by atoms with Crippen molar-refractivity contribution in [3.8, 4) is 5.88 Å². The maximum Gasteiger partial charge on any atom is 0.206 e. The molecule has 82 valence electrons. The zero-order valence-corrected chi connectivity index (χ0v) is 9.49. The summed E-state index contributed by atoms with van der Waals surface area (Å²) in [6, 6.07) is 3.74. The number of imidazole rings is 1. The van der Waals surface area contributed by atoms with E-state index in [1.165, 1.54) is 0 Å². The number of amidine groups is 1. The van der Waals surface area contributed by atoms with Crippen LogP contribution in [-0.4, -0.2) is 21.0 Å². The fraction of sp³-hybridized carbons (Fsp3) is 0.200. The molecule has 0 saturated heterocycles. The highest BCUT2D eigenvalue weighted by Gasteiger charge is 2.18. The number of fused-ring (bicyclic) bond motifs is 1. The summed E-state index contributed by atoms with van der Waals surface area (Å²) in [5, 5.41) is 4.09. The zero-order chi connectivity index (χ0) is 11.0. The molecule has 6 heteroatoms. The number of furan rings is 1. The lowest BCUT2D eigenvalue weighted by atomic mass is 10.4. The fourth-order valence-corrected chi connectivity index (χ4v) is 2.00. The van der Waals surface area contributed by atoms with E-state index >= 15 is 0 Å². The van der Waals surface area contributed by atoms with Gasteiger partial charge < -0.3 is 9.73 Å². The molecule has 0 atom stereocenters. The molecule has 3 rings (SSSR count). The van der Waals surface area contributed by atoms with Gasteiger partial charge >= 0.3 is 0 Å². The first-order valence-corrected chi connectivity index (χ1v) is 6.07. The Balaban J connectivity index is 2.11. The summed E-state index contributed by atoms with van der Waals surface area (Å²) in [6.45, 7) is 0.711. The largest absolute Gasteiger partial charge is 0.448 e. The van der Waals surface area contributed by atoms with Crippen molar-refractivity contribution >= 4 is 22.7 Å². The lowest BCUT2D eigenvalue weighted by Crippen LogP contribution is -2.23. The molecule has 0 bridgehead atoms. The summed E-state index contributed by atoms with van der Waals surface area (Å²) in [7, 11) is 0. The van der Waals surface area contributed by atoms with Crippen LogP contribution in [-0.2, 0) is 6.54 Å². The molecule has 5 nitrogen and oxygen atoms in total. The van der Waals surface area contributed by atoms with E-state index in [9.17, 15) is 0 Å². The first-order valence-electron chi connectivity index (χ1n) is 4.85. The number of aliphatic imine (C=N–C) groups is 1. The maximum absolute atomic E-state index is 5.34. The van der Waals surface area contributed by atoms with Crippen molar-refractivity contribution in [2.45, 2.75) is 6.54 Å². The molecule has 0 aromatic carbocycles. The van der Waals surface area contributed by atoms with Crippen LogP contribution in [0.4, 0.5) is 5.82 Å². The first-order chi connectivity index (χ1) is 7.88. The van der Waals surface area contributed by atoms with Crippen LogP contribution in [0.3, 0.4) is 0 Å². The molecule has 0 aliphatic carbocycles. The molecule has 0 amide bonds. The Labute approximate surface area is 96.6 Å². The normalized spacial score (nSPS) is 14.2. The van der Waals surface area contributed by atoms with E-state index in [-0.39, 0.29) is 0 Å². The molecule has 0 saturated carbocycles.